The summed E-state index contributed by atoms with van der Waals surface area (Å²) in [6.45, 7) is 3.79. The Morgan fingerprint density at radius 3 is 2.33 bits per heavy atom. The zero-order chi connectivity index (χ0) is 24.9. The molecule has 0 aliphatic carbocycles. The van der Waals surface area contributed by atoms with Gasteiger partial charge in [-0.3, -0.25) is 14.5 Å². The number of carbonyl (C=O) groups is 2. The van der Waals surface area contributed by atoms with Gasteiger partial charge in [0, 0.05) is 31.6 Å². The van der Waals surface area contributed by atoms with Gasteiger partial charge in [0.1, 0.15) is 11.9 Å². The van der Waals surface area contributed by atoms with Gasteiger partial charge < -0.3 is 10.2 Å². The maximum Gasteiger partial charge on any atom is 0.255 e. The second-order valence-electron chi connectivity index (χ2n) is 9.89. The first-order valence-electron chi connectivity index (χ1n) is 12.7. The molecule has 36 heavy (non-hydrogen) atoms. The van der Waals surface area contributed by atoms with E-state index in [0.717, 1.165) is 49.2 Å². The smallest absolute Gasteiger partial charge is 0.255 e. The number of hydrogen-bond donors (Lipinski definition) is 1. The van der Waals surface area contributed by atoms with Crippen LogP contribution in [0.1, 0.15) is 39.9 Å². The fourth-order valence-electron chi connectivity index (χ4n) is 5.27. The van der Waals surface area contributed by atoms with Crippen molar-refractivity contribution in [1.82, 2.24) is 15.1 Å². The zero-order valence-electron chi connectivity index (χ0n) is 20.4. The summed E-state index contributed by atoms with van der Waals surface area (Å²) in [6, 6.07) is 23.6. The maximum absolute atomic E-state index is 13.5. The second-order valence-corrected chi connectivity index (χ2v) is 9.89. The highest BCUT2D eigenvalue weighted by molar-refractivity contribution is 6.01. The fourth-order valence-corrected chi connectivity index (χ4v) is 5.27. The van der Waals surface area contributed by atoms with Crippen LogP contribution in [-0.4, -0.2) is 47.3 Å². The molecular formula is C30H32FN3O2. The Bertz CT molecular complexity index is 1190. The Balaban J connectivity index is 1.18. The molecule has 1 N–H and O–H groups in total. The van der Waals surface area contributed by atoms with Crippen LogP contribution >= 0.6 is 0 Å². The molecule has 6 heteroatoms. The molecule has 3 aromatic rings. The van der Waals surface area contributed by atoms with E-state index in [9.17, 15) is 14.0 Å². The van der Waals surface area contributed by atoms with Gasteiger partial charge >= 0.3 is 0 Å². The van der Waals surface area contributed by atoms with Gasteiger partial charge in [0.15, 0.2) is 0 Å². The third-order valence-corrected chi connectivity index (χ3v) is 7.39. The van der Waals surface area contributed by atoms with E-state index in [1.54, 1.807) is 4.90 Å². The van der Waals surface area contributed by atoms with E-state index in [-0.39, 0.29) is 17.6 Å². The normalized spacial score (nSPS) is 17.1. The average molecular weight is 486 g/mol. The molecule has 0 radical (unpaired) electrons. The van der Waals surface area contributed by atoms with E-state index in [4.69, 9.17) is 0 Å². The van der Waals surface area contributed by atoms with Gasteiger partial charge in [0.25, 0.3) is 5.91 Å². The number of halogens is 1. The lowest BCUT2D eigenvalue weighted by atomic mass is 9.96. The quantitative estimate of drug-likeness (QED) is 0.514. The Hall–Kier alpha value is -3.51. The van der Waals surface area contributed by atoms with Gasteiger partial charge in [-0.2, -0.15) is 0 Å². The van der Waals surface area contributed by atoms with Crippen LogP contribution in [0.25, 0.3) is 0 Å². The van der Waals surface area contributed by atoms with Crippen molar-refractivity contribution in [2.75, 3.05) is 19.6 Å². The number of hydrogen-bond acceptors (Lipinski definition) is 3. The summed E-state index contributed by atoms with van der Waals surface area (Å²) in [7, 11) is 0. The SMILES string of the molecule is O=C(NCC1CCN(Cc2ccc(F)cc2)CC1)C(Cc1ccccc1)N1Cc2ccccc2C1=O. The molecule has 5 rings (SSSR count). The number of nitrogens with zero attached hydrogens (tertiary/aromatic N) is 2. The molecule has 186 valence electrons. The van der Waals surface area contributed by atoms with E-state index in [1.807, 2.05) is 66.7 Å². The van der Waals surface area contributed by atoms with Crippen molar-refractivity contribution < 1.29 is 14.0 Å². The lowest BCUT2D eigenvalue weighted by Gasteiger charge is -2.33. The molecule has 0 spiro atoms. The molecule has 2 heterocycles. The fraction of sp³-hybridized carbons (Fsp3) is 0.333. The summed E-state index contributed by atoms with van der Waals surface area (Å²) in [6.07, 6.45) is 2.49. The number of nitrogens with one attached hydrogen (secondary N) is 1. The number of likely N-dealkylation sites (tertiary alicyclic amines) is 1. The van der Waals surface area contributed by atoms with E-state index < -0.39 is 6.04 Å². The number of amides is 2. The number of piperidine rings is 1. The van der Waals surface area contributed by atoms with Gasteiger partial charge in [-0.25, -0.2) is 4.39 Å². The molecule has 2 amide bonds. The van der Waals surface area contributed by atoms with Crippen molar-refractivity contribution in [3.63, 3.8) is 0 Å². The predicted octanol–water partition coefficient (Wildman–Crippen LogP) is 4.42. The van der Waals surface area contributed by atoms with Crippen molar-refractivity contribution in [2.24, 2.45) is 5.92 Å². The van der Waals surface area contributed by atoms with Crippen molar-refractivity contribution in [3.05, 3.63) is 107 Å². The molecule has 1 atom stereocenters. The zero-order valence-corrected chi connectivity index (χ0v) is 20.4. The van der Waals surface area contributed by atoms with Crippen LogP contribution in [0.4, 0.5) is 4.39 Å². The number of fused-ring (bicyclic) bond motifs is 1. The minimum Gasteiger partial charge on any atom is -0.354 e. The predicted molar refractivity (Wildman–Crippen MR) is 138 cm³/mol. The molecule has 1 saturated heterocycles. The Morgan fingerprint density at radius 2 is 1.61 bits per heavy atom. The van der Waals surface area contributed by atoms with Crippen LogP contribution < -0.4 is 5.32 Å². The highest BCUT2D eigenvalue weighted by Crippen LogP contribution is 2.26. The largest absolute Gasteiger partial charge is 0.354 e. The molecule has 3 aromatic carbocycles. The van der Waals surface area contributed by atoms with Crippen molar-refractivity contribution in [1.29, 1.82) is 0 Å². The molecule has 0 aromatic heterocycles. The standard InChI is InChI=1S/C30H32FN3O2/c31-26-12-10-24(11-13-26)20-33-16-14-23(15-17-33)19-32-29(35)28(18-22-6-2-1-3-7-22)34-21-25-8-4-5-9-27(25)30(34)36/h1-13,23,28H,14-21H2,(H,32,35). The third kappa shape index (κ3) is 5.65. The molecule has 1 unspecified atom stereocenters. The van der Waals surface area contributed by atoms with Crippen LogP contribution in [0.15, 0.2) is 78.9 Å². The molecular weight excluding hydrogens is 453 g/mol. The Kier molecular flexibility index (Phi) is 7.42. The van der Waals surface area contributed by atoms with Crippen LogP contribution in [0.2, 0.25) is 0 Å². The summed E-state index contributed by atoms with van der Waals surface area (Å²) in [5, 5.41) is 3.17. The molecule has 0 bridgehead atoms. The van der Waals surface area contributed by atoms with E-state index in [0.29, 0.717) is 31.0 Å². The van der Waals surface area contributed by atoms with Crippen LogP contribution in [-0.2, 0) is 24.3 Å². The van der Waals surface area contributed by atoms with E-state index >= 15 is 0 Å². The molecule has 0 saturated carbocycles. The maximum atomic E-state index is 13.5. The van der Waals surface area contributed by atoms with Gasteiger partial charge in [0.05, 0.1) is 0 Å². The topological polar surface area (TPSA) is 52.7 Å². The first-order chi connectivity index (χ1) is 17.6. The number of rotatable bonds is 8. The lowest BCUT2D eigenvalue weighted by molar-refractivity contribution is -0.126. The average Bonchev–Trinajstić information content (AvgIpc) is 3.24. The molecule has 1 fully saturated rings. The van der Waals surface area contributed by atoms with Gasteiger partial charge in [0.2, 0.25) is 5.91 Å². The summed E-state index contributed by atoms with van der Waals surface area (Å²) in [4.78, 5) is 30.7. The van der Waals surface area contributed by atoms with Gasteiger partial charge in [-0.15, -0.1) is 0 Å². The van der Waals surface area contributed by atoms with Crippen molar-refractivity contribution in [2.45, 2.75) is 38.4 Å². The molecule has 2 aliphatic rings. The summed E-state index contributed by atoms with van der Waals surface area (Å²) in [5.74, 6) is 0.0325. The Morgan fingerprint density at radius 1 is 0.917 bits per heavy atom. The summed E-state index contributed by atoms with van der Waals surface area (Å²) in [5.41, 5.74) is 3.82. The van der Waals surface area contributed by atoms with Crippen LogP contribution in [0, 0.1) is 11.7 Å². The molecule has 5 nitrogen and oxygen atoms in total. The minimum absolute atomic E-state index is 0.0733. The lowest BCUT2D eigenvalue weighted by Crippen LogP contribution is -2.49. The highest BCUT2D eigenvalue weighted by atomic mass is 19.1. The van der Waals surface area contributed by atoms with Crippen molar-refractivity contribution >= 4 is 11.8 Å². The number of carbonyl (C=O) groups excluding carboxylic acids is 2. The Labute approximate surface area is 211 Å². The number of benzene rings is 3. The van der Waals surface area contributed by atoms with Crippen molar-refractivity contribution in [3.8, 4) is 0 Å². The van der Waals surface area contributed by atoms with Crippen LogP contribution in [0.3, 0.4) is 0 Å². The summed E-state index contributed by atoms with van der Waals surface area (Å²) < 4.78 is 13.2. The molecule has 2 aliphatic heterocycles. The second kappa shape index (κ2) is 11.0. The monoisotopic (exact) mass is 485 g/mol. The van der Waals surface area contributed by atoms with Gasteiger partial charge in [-0.1, -0.05) is 60.7 Å². The van der Waals surface area contributed by atoms with E-state index in [1.165, 1.54) is 12.1 Å². The first-order valence-corrected chi connectivity index (χ1v) is 12.7. The van der Waals surface area contributed by atoms with E-state index in [2.05, 4.69) is 10.2 Å². The van der Waals surface area contributed by atoms with Crippen LogP contribution in [0.5, 0.6) is 0 Å². The minimum atomic E-state index is -0.550. The summed E-state index contributed by atoms with van der Waals surface area (Å²) >= 11 is 0. The van der Waals surface area contributed by atoms with Gasteiger partial charge in [-0.05, 0) is 66.7 Å². The third-order valence-electron chi connectivity index (χ3n) is 7.39. The first kappa shape index (κ1) is 24.2. The highest BCUT2D eigenvalue weighted by Gasteiger charge is 2.36.